The molecule has 8 nitrogen and oxygen atoms in total. The lowest BCUT2D eigenvalue weighted by Crippen LogP contribution is -2.54. The second-order valence-corrected chi connectivity index (χ2v) is 8.93. The first-order valence-electron chi connectivity index (χ1n) is 10.4. The standard InChI is InChI=1S/C21H28ClN3O5/c1-3-16-17(15(26)11-30-16)25-20(29)14(9-21(2)6-4-5-7-21)24-18(27)12-8-13(22)19(28)23-10-12/h8,10,14,16-17H,3-7,9,11H2,1-2H3,(H,23,28)(H,24,27)(H,25,29)/t14-,16-,17+/m0/s1. The van der Waals surface area contributed by atoms with Crippen molar-refractivity contribution in [2.45, 2.75) is 70.6 Å². The molecule has 2 fully saturated rings. The molecule has 164 valence electrons. The second kappa shape index (κ2) is 9.31. The van der Waals surface area contributed by atoms with E-state index in [0.717, 1.165) is 25.7 Å². The topological polar surface area (TPSA) is 117 Å². The van der Waals surface area contributed by atoms with Gasteiger partial charge in [0.1, 0.15) is 23.7 Å². The molecule has 30 heavy (non-hydrogen) atoms. The minimum absolute atomic E-state index is 0.0198. The normalized spacial score (nSPS) is 23.9. The Labute approximate surface area is 180 Å². The number of ketones is 1. The molecular formula is C21H28ClN3O5. The number of ether oxygens (including phenoxy) is 1. The number of carbonyl (C=O) groups excluding carboxylic acids is 3. The van der Waals surface area contributed by atoms with E-state index in [1.54, 1.807) is 0 Å². The first kappa shape index (κ1) is 22.5. The van der Waals surface area contributed by atoms with Crippen LogP contribution in [0, 0.1) is 5.41 Å². The van der Waals surface area contributed by atoms with Gasteiger partial charge in [-0.2, -0.15) is 0 Å². The van der Waals surface area contributed by atoms with E-state index < -0.39 is 29.5 Å². The van der Waals surface area contributed by atoms with E-state index >= 15 is 0 Å². The van der Waals surface area contributed by atoms with E-state index in [4.69, 9.17) is 16.3 Å². The molecule has 1 saturated heterocycles. The van der Waals surface area contributed by atoms with Gasteiger partial charge in [-0.15, -0.1) is 0 Å². The maximum absolute atomic E-state index is 13.1. The summed E-state index contributed by atoms with van der Waals surface area (Å²) in [4.78, 5) is 51.9. The zero-order valence-corrected chi connectivity index (χ0v) is 18.0. The highest BCUT2D eigenvalue weighted by Gasteiger charge is 2.39. The molecule has 2 heterocycles. The summed E-state index contributed by atoms with van der Waals surface area (Å²) < 4.78 is 5.44. The third-order valence-corrected chi connectivity index (χ3v) is 6.39. The van der Waals surface area contributed by atoms with Gasteiger partial charge in [0.2, 0.25) is 5.91 Å². The smallest absolute Gasteiger partial charge is 0.266 e. The van der Waals surface area contributed by atoms with Crippen LogP contribution >= 0.6 is 11.6 Å². The van der Waals surface area contributed by atoms with Crippen LogP contribution in [0.15, 0.2) is 17.1 Å². The summed E-state index contributed by atoms with van der Waals surface area (Å²) >= 11 is 5.82. The highest BCUT2D eigenvalue weighted by atomic mass is 35.5. The Morgan fingerprint density at radius 1 is 1.33 bits per heavy atom. The number of rotatable bonds is 7. The minimum atomic E-state index is -0.822. The van der Waals surface area contributed by atoms with E-state index in [2.05, 4.69) is 22.5 Å². The maximum atomic E-state index is 13.1. The van der Waals surface area contributed by atoms with Crippen molar-refractivity contribution in [1.29, 1.82) is 0 Å². The number of carbonyl (C=O) groups is 3. The third kappa shape index (κ3) is 5.10. The molecule has 3 N–H and O–H groups in total. The van der Waals surface area contributed by atoms with Crippen molar-refractivity contribution in [3.05, 3.63) is 33.2 Å². The number of hydrogen-bond acceptors (Lipinski definition) is 5. The first-order valence-corrected chi connectivity index (χ1v) is 10.7. The number of amides is 2. The predicted octanol–water partition coefficient (Wildman–Crippen LogP) is 1.96. The lowest BCUT2D eigenvalue weighted by molar-refractivity contribution is -0.128. The molecule has 0 aromatic carbocycles. The van der Waals surface area contributed by atoms with Crippen LogP contribution < -0.4 is 16.2 Å². The summed E-state index contributed by atoms with van der Waals surface area (Å²) in [6, 6.07) is -0.262. The van der Waals surface area contributed by atoms with Gasteiger partial charge in [-0.25, -0.2) is 0 Å². The Hall–Kier alpha value is -2.19. The molecule has 1 aliphatic heterocycles. The summed E-state index contributed by atoms with van der Waals surface area (Å²) in [5.41, 5.74) is -0.412. The molecule has 2 aliphatic rings. The zero-order chi connectivity index (χ0) is 21.9. The van der Waals surface area contributed by atoms with Gasteiger partial charge in [0.25, 0.3) is 11.5 Å². The molecule has 0 spiro atoms. The molecule has 3 atom stereocenters. The average molecular weight is 438 g/mol. The molecule has 3 rings (SSSR count). The average Bonchev–Trinajstić information content (AvgIpc) is 3.29. The van der Waals surface area contributed by atoms with Crippen LogP contribution in [0.3, 0.4) is 0 Å². The van der Waals surface area contributed by atoms with Crippen LogP contribution in [0.4, 0.5) is 0 Å². The molecule has 1 aromatic rings. The Morgan fingerprint density at radius 3 is 2.67 bits per heavy atom. The number of aromatic amines is 1. The van der Waals surface area contributed by atoms with Crippen molar-refractivity contribution in [2.24, 2.45) is 5.41 Å². The molecule has 1 saturated carbocycles. The van der Waals surface area contributed by atoms with Crippen LogP contribution in [0.1, 0.15) is 62.7 Å². The number of nitrogens with one attached hydrogen (secondary N) is 3. The lowest BCUT2D eigenvalue weighted by Gasteiger charge is -2.30. The van der Waals surface area contributed by atoms with Crippen LogP contribution in [-0.4, -0.2) is 47.4 Å². The Bertz CT molecular complexity index is 878. The number of Topliss-reactive ketones (excluding diaryl/α,β-unsaturated/α-hetero) is 1. The summed E-state index contributed by atoms with van der Waals surface area (Å²) in [5, 5.41) is 5.45. The molecular weight excluding hydrogens is 410 g/mol. The minimum Gasteiger partial charge on any atom is -0.368 e. The summed E-state index contributed by atoms with van der Waals surface area (Å²) in [6.07, 6.45) is 6.07. The van der Waals surface area contributed by atoms with Crippen molar-refractivity contribution in [2.75, 3.05) is 6.61 Å². The summed E-state index contributed by atoms with van der Waals surface area (Å²) in [6.45, 7) is 3.98. The van der Waals surface area contributed by atoms with E-state index in [0.29, 0.717) is 12.8 Å². The van der Waals surface area contributed by atoms with Crippen LogP contribution in [0.2, 0.25) is 5.02 Å². The highest BCUT2D eigenvalue weighted by Crippen LogP contribution is 2.41. The van der Waals surface area contributed by atoms with E-state index in [9.17, 15) is 19.2 Å². The van der Waals surface area contributed by atoms with Gasteiger partial charge in [0.05, 0.1) is 11.7 Å². The SMILES string of the molecule is CC[C@@H]1OCC(=O)[C@H]1NC(=O)[C@H](CC1(C)CCCC1)NC(=O)c1c[nH]c(=O)c(Cl)c1. The maximum Gasteiger partial charge on any atom is 0.266 e. The Balaban J connectivity index is 1.77. The van der Waals surface area contributed by atoms with Gasteiger partial charge in [-0.05, 0) is 37.2 Å². The van der Waals surface area contributed by atoms with Gasteiger partial charge >= 0.3 is 0 Å². The molecule has 1 aromatic heterocycles. The number of H-pyrrole nitrogens is 1. The van der Waals surface area contributed by atoms with Crippen molar-refractivity contribution in [3.63, 3.8) is 0 Å². The van der Waals surface area contributed by atoms with E-state index in [1.165, 1.54) is 12.3 Å². The molecule has 1 aliphatic carbocycles. The Morgan fingerprint density at radius 2 is 2.03 bits per heavy atom. The first-order chi connectivity index (χ1) is 14.2. The quantitative estimate of drug-likeness (QED) is 0.602. The largest absolute Gasteiger partial charge is 0.368 e. The van der Waals surface area contributed by atoms with E-state index in [1.807, 2.05) is 6.92 Å². The van der Waals surface area contributed by atoms with Gasteiger partial charge in [-0.1, -0.05) is 38.3 Å². The fourth-order valence-electron chi connectivity index (χ4n) is 4.33. The molecule has 2 amide bonds. The Kier molecular flexibility index (Phi) is 6.98. The predicted molar refractivity (Wildman–Crippen MR) is 111 cm³/mol. The van der Waals surface area contributed by atoms with Gasteiger partial charge in [-0.3, -0.25) is 19.2 Å². The monoisotopic (exact) mass is 437 g/mol. The summed E-state index contributed by atoms with van der Waals surface area (Å²) in [5.74, 6) is -1.09. The van der Waals surface area contributed by atoms with Gasteiger partial charge in [0.15, 0.2) is 5.78 Å². The molecule has 0 bridgehead atoms. The highest BCUT2D eigenvalue weighted by molar-refractivity contribution is 6.30. The van der Waals surface area contributed by atoms with Gasteiger partial charge in [0, 0.05) is 6.20 Å². The van der Waals surface area contributed by atoms with Crippen molar-refractivity contribution in [3.8, 4) is 0 Å². The van der Waals surface area contributed by atoms with Crippen LogP contribution in [0.5, 0.6) is 0 Å². The second-order valence-electron chi connectivity index (χ2n) is 8.52. The van der Waals surface area contributed by atoms with Crippen LogP contribution in [-0.2, 0) is 14.3 Å². The number of hydrogen-bond donors (Lipinski definition) is 3. The van der Waals surface area contributed by atoms with Crippen molar-refractivity contribution in [1.82, 2.24) is 15.6 Å². The summed E-state index contributed by atoms with van der Waals surface area (Å²) in [7, 11) is 0. The van der Waals surface area contributed by atoms with Crippen molar-refractivity contribution >= 4 is 29.2 Å². The van der Waals surface area contributed by atoms with Crippen LogP contribution in [0.25, 0.3) is 0 Å². The zero-order valence-electron chi connectivity index (χ0n) is 17.3. The van der Waals surface area contributed by atoms with Crippen molar-refractivity contribution < 1.29 is 19.1 Å². The number of halogens is 1. The number of aromatic nitrogens is 1. The van der Waals surface area contributed by atoms with E-state index in [-0.39, 0.29) is 34.5 Å². The van der Waals surface area contributed by atoms with Gasteiger partial charge < -0.3 is 20.4 Å². The molecule has 9 heteroatoms. The third-order valence-electron chi connectivity index (χ3n) is 6.11. The molecule has 0 unspecified atom stereocenters. The number of pyridine rings is 1. The fraction of sp³-hybridized carbons (Fsp3) is 0.619. The lowest BCUT2D eigenvalue weighted by atomic mass is 9.81. The molecule has 0 radical (unpaired) electrons. The fourth-order valence-corrected chi connectivity index (χ4v) is 4.50.